The molecule has 334 valence electrons. The first-order valence-corrected chi connectivity index (χ1v) is 21.2. The number of anilines is 3. The van der Waals surface area contributed by atoms with Crippen LogP contribution in [0.5, 0.6) is 11.5 Å². The lowest BCUT2D eigenvalue weighted by Gasteiger charge is -2.29. The van der Waals surface area contributed by atoms with Crippen LogP contribution in [0.1, 0.15) is 110 Å². The van der Waals surface area contributed by atoms with E-state index in [1.54, 1.807) is 49.1 Å². The summed E-state index contributed by atoms with van der Waals surface area (Å²) in [7, 11) is 1.52. The third-order valence-electron chi connectivity index (χ3n) is 11.7. The summed E-state index contributed by atoms with van der Waals surface area (Å²) >= 11 is 0. The fourth-order valence-electron chi connectivity index (χ4n) is 8.39. The number of carbonyl (C=O) groups is 5. The molecule has 0 aliphatic carbocycles. The standard InChI is InChI=1S/C45H51F3N8O7/c1-25(27-18-28(45(46,47)48)20-29(49)19-27)50-42-32-21-38(37(62-3)22-35(32)51-26(2)52-42)63-30-16-17-55(23-30)41(59)13-8-6-4-5-7-12-39(57)53-34-11-9-10-31-33(34)24-56(44(31)61)36-14-15-40(58)54-43(36)60/h9-11,18-22,25,30,36H,4-8,12-17,23-24,49H2,1-3H3,(H,53,57)(H,50,51,52)(H,54,58,60)/t25-,30+,36?/m1/s1. The molecular weight excluding hydrogens is 822 g/mol. The largest absolute Gasteiger partial charge is 0.493 e. The molecule has 0 radical (unpaired) electrons. The van der Waals surface area contributed by atoms with E-state index in [1.807, 2.05) is 0 Å². The predicted molar refractivity (Wildman–Crippen MR) is 228 cm³/mol. The molecule has 5 N–H and O–H groups in total. The number of benzene rings is 3. The summed E-state index contributed by atoms with van der Waals surface area (Å²) in [5.41, 5.74) is 7.49. The number of nitrogens with one attached hydrogen (secondary N) is 3. The maximum absolute atomic E-state index is 13.5. The van der Waals surface area contributed by atoms with Gasteiger partial charge in [-0.3, -0.25) is 29.3 Å². The summed E-state index contributed by atoms with van der Waals surface area (Å²) < 4.78 is 52.7. The number of rotatable bonds is 16. The third kappa shape index (κ3) is 10.4. The zero-order valence-corrected chi connectivity index (χ0v) is 35.4. The lowest BCUT2D eigenvalue weighted by atomic mass is 10.0. The van der Waals surface area contributed by atoms with E-state index in [1.165, 1.54) is 18.1 Å². The van der Waals surface area contributed by atoms with Gasteiger partial charge in [0, 0.05) is 72.7 Å². The van der Waals surface area contributed by atoms with E-state index in [0.717, 1.165) is 31.4 Å². The molecule has 3 atom stereocenters. The molecule has 4 aromatic rings. The van der Waals surface area contributed by atoms with E-state index < -0.39 is 29.7 Å². The van der Waals surface area contributed by atoms with Gasteiger partial charge >= 0.3 is 6.18 Å². The number of methoxy groups -OCH3 is 1. The van der Waals surface area contributed by atoms with Crippen LogP contribution in [0, 0.1) is 6.92 Å². The van der Waals surface area contributed by atoms with Crippen LogP contribution in [-0.4, -0.2) is 81.6 Å². The Morgan fingerprint density at radius 1 is 0.984 bits per heavy atom. The summed E-state index contributed by atoms with van der Waals surface area (Å²) in [4.78, 5) is 75.5. The second kappa shape index (κ2) is 18.9. The van der Waals surface area contributed by atoms with E-state index in [2.05, 4.69) is 25.9 Å². The van der Waals surface area contributed by atoms with Gasteiger partial charge in [0.2, 0.25) is 23.6 Å². The molecule has 5 amide bonds. The van der Waals surface area contributed by atoms with Crippen molar-refractivity contribution in [2.45, 2.75) is 109 Å². The van der Waals surface area contributed by atoms with Crippen LogP contribution in [0.2, 0.25) is 0 Å². The van der Waals surface area contributed by atoms with Gasteiger partial charge in [0.15, 0.2) is 11.5 Å². The molecule has 3 aliphatic rings. The molecule has 4 heterocycles. The van der Waals surface area contributed by atoms with E-state index in [0.29, 0.717) is 102 Å². The molecule has 7 rings (SSSR count). The smallest absolute Gasteiger partial charge is 0.416 e. The Kier molecular flexibility index (Phi) is 13.4. The minimum atomic E-state index is -4.55. The monoisotopic (exact) mass is 872 g/mol. The lowest BCUT2D eigenvalue weighted by Crippen LogP contribution is -2.52. The molecule has 63 heavy (non-hydrogen) atoms. The Bertz CT molecular complexity index is 2430. The number of hydrogen-bond donors (Lipinski definition) is 4. The molecule has 2 saturated heterocycles. The van der Waals surface area contributed by atoms with Crippen molar-refractivity contribution in [3.8, 4) is 11.5 Å². The molecule has 2 fully saturated rings. The van der Waals surface area contributed by atoms with Gasteiger partial charge in [0.05, 0.1) is 30.8 Å². The molecule has 1 unspecified atom stereocenters. The number of amides is 5. The highest BCUT2D eigenvalue weighted by Gasteiger charge is 2.40. The van der Waals surface area contributed by atoms with Crippen molar-refractivity contribution in [2.75, 3.05) is 36.6 Å². The lowest BCUT2D eigenvalue weighted by molar-refractivity contribution is -0.138. The second-order valence-corrected chi connectivity index (χ2v) is 16.3. The van der Waals surface area contributed by atoms with E-state index >= 15 is 0 Å². The molecule has 1 aromatic heterocycles. The highest BCUT2D eigenvalue weighted by Crippen LogP contribution is 2.38. The highest BCUT2D eigenvalue weighted by atomic mass is 19.4. The quantitative estimate of drug-likeness (QED) is 0.0523. The van der Waals surface area contributed by atoms with E-state index in [9.17, 15) is 37.1 Å². The summed E-state index contributed by atoms with van der Waals surface area (Å²) in [6.45, 7) is 4.54. The van der Waals surface area contributed by atoms with Crippen LogP contribution in [0.4, 0.5) is 30.4 Å². The molecule has 0 bridgehead atoms. The van der Waals surface area contributed by atoms with Gasteiger partial charge in [-0.2, -0.15) is 13.2 Å². The number of alkyl halides is 3. The molecular formula is C45H51F3N8O7. The van der Waals surface area contributed by atoms with Gasteiger partial charge in [-0.1, -0.05) is 25.3 Å². The van der Waals surface area contributed by atoms with Crippen molar-refractivity contribution in [1.29, 1.82) is 0 Å². The maximum atomic E-state index is 13.5. The number of nitrogens with two attached hydrogens (primary N) is 1. The summed E-state index contributed by atoms with van der Waals surface area (Å²) in [5, 5.41) is 9.03. The second-order valence-electron chi connectivity index (χ2n) is 16.3. The van der Waals surface area contributed by atoms with Crippen molar-refractivity contribution >= 4 is 57.6 Å². The fourth-order valence-corrected chi connectivity index (χ4v) is 8.39. The van der Waals surface area contributed by atoms with Crippen molar-refractivity contribution < 1.29 is 46.6 Å². The van der Waals surface area contributed by atoms with Crippen LogP contribution in [0.25, 0.3) is 10.9 Å². The van der Waals surface area contributed by atoms with Gasteiger partial charge in [-0.15, -0.1) is 0 Å². The number of aromatic nitrogens is 2. The summed E-state index contributed by atoms with van der Waals surface area (Å²) in [6, 6.07) is 10.7. The molecule has 3 aromatic carbocycles. The Hall–Kier alpha value is -6.46. The molecule has 3 aliphatic heterocycles. The number of nitrogen functional groups attached to an aromatic ring is 1. The number of aryl methyl sites for hydroxylation is 1. The Morgan fingerprint density at radius 2 is 1.75 bits per heavy atom. The number of fused-ring (bicyclic) bond motifs is 2. The van der Waals surface area contributed by atoms with Crippen molar-refractivity contribution in [1.82, 2.24) is 25.1 Å². The van der Waals surface area contributed by atoms with Crippen molar-refractivity contribution in [2.24, 2.45) is 0 Å². The SMILES string of the molecule is COc1cc2nc(C)nc(N[C@H](C)c3cc(N)cc(C(F)(F)F)c3)c2cc1O[C@H]1CCN(C(=O)CCCCCCCC(=O)Nc2cccc3c2CN(C2CCC(=O)NC2=O)C3=O)C1. The minimum Gasteiger partial charge on any atom is -0.493 e. The maximum Gasteiger partial charge on any atom is 0.416 e. The van der Waals surface area contributed by atoms with E-state index in [4.69, 9.17) is 15.2 Å². The topological polar surface area (TPSA) is 198 Å². The zero-order chi connectivity index (χ0) is 45.0. The average molecular weight is 873 g/mol. The Balaban J connectivity index is 0.853. The van der Waals surface area contributed by atoms with E-state index in [-0.39, 0.29) is 54.8 Å². The van der Waals surface area contributed by atoms with Gasteiger partial charge in [0.25, 0.3) is 5.91 Å². The number of imide groups is 1. The first-order valence-electron chi connectivity index (χ1n) is 21.2. The highest BCUT2D eigenvalue weighted by molar-refractivity contribution is 6.06. The number of ether oxygens (including phenoxy) is 2. The van der Waals surface area contributed by atoms with Crippen molar-refractivity contribution in [3.05, 3.63) is 76.6 Å². The Labute approximate surface area is 362 Å². The zero-order valence-electron chi connectivity index (χ0n) is 35.4. The Morgan fingerprint density at radius 3 is 2.49 bits per heavy atom. The van der Waals surface area contributed by atoms with Crippen LogP contribution >= 0.6 is 0 Å². The number of unbranched alkanes of at least 4 members (excludes halogenated alkanes) is 4. The normalized spacial score (nSPS) is 18.0. The van der Waals surface area contributed by atoms with Crippen LogP contribution in [0.15, 0.2) is 48.5 Å². The van der Waals surface area contributed by atoms with Gasteiger partial charge < -0.3 is 35.6 Å². The number of likely N-dealkylation sites (tertiary alicyclic amines) is 1. The number of hydrogen-bond acceptors (Lipinski definition) is 11. The van der Waals surface area contributed by atoms with Gasteiger partial charge in [0.1, 0.15) is 23.8 Å². The van der Waals surface area contributed by atoms with Crippen molar-refractivity contribution in [3.63, 3.8) is 0 Å². The fraction of sp³-hybridized carbons (Fsp3) is 0.444. The molecule has 18 heteroatoms. The summed E-state index contributed by atoms with van der Waals surface area (Å²) in [5.74, 6) is 0.419. The molecule has 0 saturated carbocycles. The average Bonchev–Trinajstić information content (AvgIpc) is 3.84. The van der Waals surface area contributed by atoms with Gasteiger partial charge in [-0.25, -0.2) is 9.97 Å². The minimum absolute atomic E-state index is 0.00416. The first kappa shape index (κ1) is 44.6. The number of carbonyl (C=O) groups excluding carboxylic acids is 5. The molecule has 15 nitrogen and oxygen atoms in total. The molecule has 0 spiro atoms. The number of piperidine rings is 1. The van der Waals surface area contributed by atoms with Crippen LogP contribution in [0.3, 0.4) is 0 Å². The summed E-state index contributed by atoms with van der Waals surface area (Å²) in [6.07, 6.45) is 0.725. The van der Waals surface area contributed by atoms with Crippen LogP contribution < -0.4 is 31.2 Å². The third-order valence-corrected chi connectivity index (χ3v) is 11.7. The first-order chi connectivity index (χ1) is 30.1. The van der Waals surface area contributed by atoms with Gasteiger partial charge in [-0.05, 0) is 75.1 Å². The predicted octanol–water partition coefficient (Wildman–Crippen LogP) is 6.83. The number of halogens is 3. The number of nitrogens with zero attached hydrogens (tertiary/aromatic N) is 4. The van der Waals surface area contributed by atoms with Crippen LogP contribution in [-0.2, 0) is 31.9 Å².